The number of ether oxygens (including phenoxy) is 1. The number of nitrogen functional groups attached to an aromatic ring is 1. The van der Waals surface area contributed by atoms with Gasteiger partial charge in [-0.1, -0.05) is 30.9 Å². The van der Waals surface area contributed by atoms with E-state index < -0.39 is 24.0 Å². The Balaban J connectivity index is 1.84. The third-order valence-corrected chi connectivity index (χ3v) is 4.30. The Labute approximate surface area is 151 Å². The highest BCUT2D eigenvalue weighted by Gasteiger charge is 2.23. The van der Waals surface area contributed by atoms with Gasteiger partial charge in [0.15, 0.2) is 6.10 Å². The van der Waals surface area contributed by atoms with E-state index in [0.717, 1.165) is 25.7 Å². The maximum Gasteiger partial charge on any atom is 0.341 e. The minimum atomic E-state index is -1.14. The van der Waals surface area contributed by atoms with Crippen molar-refractivity contribution in [2.75, 3.05) is 5.73 Å². The number of nitrogens with two attached hydrogens (primary N) is 1. The Morgan fingerprint density at radius 1 is 1.24 bits per heavy atom. The SMILES string of the molecule is C[C@@H](OC(=O)c1ccc(Cl)cc1N)C(=O)NC(=O)NC1CCCCC1. The number of imide groups is 1. The van der Waals surface area contributed by atoms with Crippen molar-refractivity contribution in [1.29, 1.82) is 0 Å². The smallest absolute Gasteiger partial charge is 0.341 e. The van der Waals surface area contributed by atoms with Crippen LogP contribution in [0.1, 0.15) is 49.4 Å². The first-order valence-corrected chi connectivity index (χ1v) is 8.62. The second-order valence-corrected chi connectivity index (χ2v) is 6.51. The predicted molar refractivity (Wildman–Crippen MR) is 94.3 cm³/mol. The first kappa shape index (κ1) is 19.1. The third kappa shape index (κ3) is 5.63. The van der Waals surface area contributed by atoms with E-state index in [1.807, 2.05) is 0 Å². The van der Waals surface area contributed by atoms with Gasteiger partial charge in [0.25, 0.3) is 5.91 Å². The summed E-state index contributed by atoms with van der Waals surface area (Å²) in [4.78, 5) is 35.9. The molecule has 1 saturated carbocycles. The summed E-state index contributed by atoms with van der Waals surface area (Å²) in [5.41, 5.74) is 5.97. The molecule has 2 rings (SSSR count). The molecule has 3 amide bonds. The zero-order valence-electron chi connectivity index (χ0n) is 14.0. The number of esters is 1. The van der Waals surface area contributed by atoms with Crippen molar-refractivity contribution in [3.63, 3.8) is 0 Å². The Kier molecular flexibility index (Phi) is 6.64. The molecule has 0 heterocycles. The van der Waals surface area contributed by atoms with Crippen LogP contribution in [0.2, 0.25) is 5.02 Å². The number of carbonyl (C=O) groups excluding carboxylic acids is 3. The maximum atomic E-state index is 12.1. The molecule has 25 heavy (non-hydrogen) atoms. The Hall–Kier alpha value is -2.28. The second kappa shape index (κ2) is 8.71. The van der Waals surface area contributed by atoms with Crippen molar-refractivity contribution < 1.29 is 19.1 Å². The van der Waals surface area contributed by atoms with Gasteiger partial charge in [-0.3, -0.25) is 10.1 Å². The van der Waals surface area contributed by atoms with Crippen LogP contribution in [0, 0.1) is 0 Å². The molecular weight excluding hydrogens is 346 g/mol. The van der Waals surface area contributed by atoms with E-state index in [-0.39, 0.29) is 17.3 Å². The molecule has 0 aromatic heterocycles. The van der Waals surface area contributed by atoms with E-state index >= 15 is 0 Å². The van der Waals surface area contributed by atoms with Crippen LogP contribution in [-0.2, 0) is 9.53 Å². The lowest BCUT2D eigenvalue weighted by Crippen LogP contribution is -2.48. The molecule has 1 atom stereocenters. The average Bonchev–Trinajstić information content (AvgIpc) is 2.55. The molecule has 4 N–H and O–H groups in total. The monoisotopic (exact) mass is 367 g/mol. The number of amides is 3. The van der Waals surface area contributed by atoms with Crippen LogP contribution in [0.15, 0.2) is 18.2 Å². The predicted octanol–water partition coefficient (Wildman–Crippen LogP) is 2.63. The summed E-state index contributed by atoms with van der Waals surface area (Å²) in [6, 6.07) is 3.83. The van der Waals surface area contributed by atoms with Gasteiger partial charge in [-0.15, -0.1) is 0 Å². The van der Waals surface area contributed by atoms with Gasteiger partial charge < -0.3 is 15.8 Å². The highest BCUT2D eigenvalue weighted by molar-refractivity contribution is 6.31. The molecule has 0 aliphatic heterocycles. The second-order valence-electron chi connectivity index (χ2n) is 6.08. The number of carbonyl (C=O) groups is 3. The van der Waals surface area contributed by atoms with Crippen molar-refractivity contribution in [1.82, 2.24) is 10.6 Å². The molecule has 8 heteroatoms. The number of rotatable bonds is 4. The van der Waals surface area contributed by atoms with E-state index in [0.29, 0.717) is 5.02 Å². The summed E-state index contributed by atoms with van der Waals surface area (Å²) < 4.78 is 5.06. The normalized spacial score (nSPS) is 15.9. The molecule has 1 aromatic rings. The largest absolute Gasteiger partial charge is 0.449 e. The summed E-state index contributed by atoms with van der Waals surface area (Å²) in [7, 11) is 0. The molecule has 1 aliphatic rings. The minimum absolute atomic E-state index is 0.0771. The fraction of sp³-hybridized carbons (Fsp3) is 0.471. The maximum absolute atomic E-state index is 12.1. The zero-order valence-corrected chi connectivity index (χ0v) is 14.8. The average molecular weight is 368 g/mol. The molecule has 1 aliphatic carbocycles. The first-order valence-electron chi connectivity index (χ1n) is 8.24. The number of halogens is 1. The van der Waals surface area contributed by atoms with Gasteiger partial charge in [-0.05, 0) is 38.0 Å². The lowest BCUT2D eigenvalue weighted by Gasteiger charge is -2.23. The van der Waals surface area contributed by atoms with Gasteiger partial charge in [0.1, 0.15) is 0 Å². The quantitative estimate of drug-likeness (QED) is 0.559. The van der Waals surface area contributed by atoms with E-state index in [9.17, 15) is 14.4 Å². The zero-order chi connectivity index (χ0) is 18.4. The number of hydrogen-bond acceptors (Lipinski definition) is 5. The highest BCUT2D eigenvalue weighted by Crippen LogP contribution is 2.19. The van der Waals surface area contributed by atoms with Gasteiger partial charge in [-0.25, -0.2) is 9.59 Å². The van der Waals surface area contributed by atoms with Crippen LogP contribution in [-0.4, -0.2) is 30.1 Å². The van der Waals surface area contributed by atoms with E-state index in [4.69, 9.17) is 22.1 Å². The summed E-state index contributed by atoms with van der Waals surface area (Å²) >= 11 is 5.77. The number of urea groups is 1. The van der Waals surface area contributed by atoms with Gasteiger partial charge in [0.2, 0.25) is 0 Å². The molecule has 0 unspecified atom stereocenters. The molecule has 7 nitrogen and oxygen atoms in total. The number of anilines is 1. The minimum Gasteiger partial charge on any atom is -0.449 e. The molecule has 0 spiro atoms. The first-order chi connectivity index (χ1) is 11.9. The van der Waals surface area contributed by atoms with E-state index in [2.05, 4.69) is 10.6 Å². The van der Waals surface area contributed by atoms with Gasteiger partial charge >= 0.3 is 12.0 Å². The van der Waals surface area contributed by atoms with Gasteiger partial charge in [-0.2, -0.15) is 0 Å². The van der Waals surface area contributed by atoms with Crippen LogP contribution in [0.5, 0.6) is 0 Å². The van der Waals surface area contributed by atoms with Crippen LogP contribution in [0.3, 0.4) is 0 Å². The van der Waals surface area contributed by atoms with Crippen molar-refractivity contribution in [2.24, 2.45) is 0 Å². The van der Waals surface area contributed by atoms with Gasteiger partial charge in [0, 0.05) is 16.8 Å². The lowest BCUT2D eigenvalue weighted by molar-refractivity contribution is -0.127. The molecular formula is C17H22ClN3O4. The van der Waals surface area contributed by atoms with Crippen molar-refractivity contribution in [3.05, 3.63) is 28.8 Å². The van der Waals surface area contributed by atoms with E-state index in [1.54, 1.807) is 0 Å². The highest BCUT2D eigenvalue weighted by atomic mass is 35.5. The molecule has 136 valence electrons. The van der Waals surface area contributed by atoms with Crippen molar-refractivity contribution in [3.8, 4) is 0 Å². The molecule has 0 saturated heterocycles. The van der Waals surface area contributed by atoms with Crippen molar-refractivity contribution in [2.45, 2.75) is 51.2 Å². The third-order valence-electron chi connectivity index (χ3n) is 4.06. The Morgan fingerprint density at radius 2 is 1.92 bits per heavy atom. The van der Waals surface area contributed by atoms with Crippen LogP contribution >= 0.6 is 11.6 Å². The lowest BCUT2D eigenvalue weighted by atomic mass is 9.96. The molecule has 1 fully saturated rings. The standard InChI is InChI=1S/C17H22ClN3O4/c1-10(25-16(23)13-8-7-11(18)9-14(13)19)15(22)21-17(24)20-12-5-3-2-4-6-12/h7-10,12H,2-6,19H2,1H3,(H2,20,21,22,24)/t10-/m1/s1. The van der Waals surface area contributed by atoms with Gasteiger partial charge in [0.05, 0.1) is 5.56 Å². The Bertz CT molecular complexity index is 659. The number of nitrogens with one attached hydrogen (secondary N) is 2. The summed E-state index contributed by atoms with van der Waals surface area (Å²) in [6.07, 6.45) is 3.97. The molecule has 0 bridgehead atoms. The topological polar surface area (TPSA) is 111 Å². The Morgan fingerprint density at radius 3 is 2.56 bits per heavy atom. The van der Waals surface area contributed by atoms with Crippen LogP contribution < -0.4 is 16.4 Å². The molecule has 0 radical (unpaired) electrons. The van der Waals surface area contributed by atoms with E-state index in [1.165, 1.54) is 31.5 Å². The van der Waals surface area contributed by atoms with Crippen molar-refractivity contribution >= 4 is 35.2 Å². The summed E-state index contributed by atoms with van der Waals surface area (Å²) in [5, 5.41) is 5.34. The van der Waals surface area contributed by atoms with Crippen LogP contribution in [0.4, 0.5) is 10.5 Å². The fourth-order valence-electron chi connectivity index (χ4n) is 2.68. The summed E-state index contributed by atoms with van der Waals surface area (Å²) in [5.74, 6) is -1.46. The van der Waals surface area contributed by atoms with Crippen LogP contribution in [0.25, 0.3) is 0 Å². The number of benzene rings is 1. The molecule has 1 aromatic carbocycles. The number of hydrogen-bond donors (Lipinski definition) is 3. The fourth-order valence-corrected chi connectivity index (χ4v) is 2.86. The summed E-state index contributed by atoms with van der Waals surface area (Å²) in [6.45, 7) is 1.38.